The van der Waals surface area contributed by atoms with E-state index in [1.807, 2.05) is 6.92 Å². The third-order valence-corrected chi connectivity index (χ3v) is 0. The topological polar surface area (TPSA) is 0 Å². The fraction of sp³-hybridized carbons (Fsp3) is 0.667. The van der Waals surface area contributed by atoms with Crippen LogP contribution in [0.1, 0.15) is 13.3 Å². The Bertz CT molecular complexity index is 16.5. The van der Waals surface area contributed by atoms with Crippen LogP contribution in [0.5, 0.6) is 0 Å². The van der Waals surface area contributed by atoms with Gasteiger partial charge in [-0.2, -0.15) is 0 Å². The first-order chi connectivity index (χ1) is 3.83. The van der Waals surface area contributed by atoms with E-state index in [1.165, 1.54) is 16.7 Å². The molecule has 0 nitrogen and oxygen atoms in total. The fourth-order valence-electron chi connectivity index (χ4n) is 0. The van der Waals surface area contributed by atoms with E-state index in [9.17, 15) is 0 Å². The number of hydrogen-bond donors (Lipinski definition) is 0. The average Bonchev–Trinajstić information content (AvgIpc) is 1.75. The Morgan fingerprint density at radius 2 is 1.50 bits per heavy atom. The van der Waals surface area contributed by atoms with Gasteiger partial charge in [-0.05, 0) is 0 Å². The summed E-state index contributed by atoms with van der Waals surface area (Å²) in [5.41, 5.74) is 0. The van der Waals surface area contributed by atoms with E-state index in [2.05, 4.69) is 16.7 Å². The molecule has 0 spiro atoms. The van der Waals surface area contributed by atoms with E-state index in [0.717, 1.165) is 6.42 Å². The van der Waals surface area contributed by atoms with Crippen LogP contribution < -0.4 is 0 Å². The summed E-state index contributed by atoms with van der Waals surface area (Å²) in [5, 5.41) is 0. The first kappa shape index (κ1) is 16.7. The van der Waals surface area contributed by atoms with Crippen LogP contribution in [0.25, 0.3) is 0 Å². The third kappa shape index (κ3) is 86.4. The molecule has 0 aliphatic heterocycles. The van der Waals surface area contributed by atoms with E-state index in [1.54, 1.807) is 0 Å². The zero-order chi connectivity index (χ0) is 7.41. The van der Waals surface area contributed by atoms with Gasteiger partial charge in [0.25, 0.3) is 0 Å². The van der Waals surface area contributed by atoms with E-state index >= 15 is 0 Å². The van der Waals surface area contributed by atoms with Crippen LogP contribution in [-0.4, -0.2) is 34.9 Å². The molecule has 0 fully saturated rings. The first-order valence-corrected chi connectivity index (χ1v) is 7.15. The predicted molar refractivity (Wildman–Crippen MR) is 44.7 cm³/mol. The Hall–Kier alpha value is 2.23. The first-order valence-electron chi connectivity index (χ1n) is 2.12. The van der Waals surface area contributed by atoms with E-state index < -0.39 is 18.2 Å². The van der Waals surface area contributed by atoms with E-state index in [4.69, 9.17) is 18.1 Å². The summed E-state index contributed by atoms with van der Waals surface area (Å²) in [5.74, 6) is 0. The zero-order valence-corrected chi connectivity index (χ0v) is 8.94. The summed E-state index contributed by atoms with van der Waals surface area (Å²) in [7, 11) is 14.4. The van der Waals surface area contributed by atoms with Crippen LogP contribution in [0.15, 0.2) is 0 Å². The van der Waals surface area contributed by atoms with Crippen molar-refractivity contribution < 1.29 is 0 Å². The molecule has 0 unspecified atom stereocenters. The second kappa shape index (κ2) is 34.9. The summed E-state index contributed by atoms with van der Waals surface area (Å²) in [6.07, 6.45) is 1.00. The standard InChI is InChI=1S/C3H7.3ClH.Li.Mg/c1-3-2;;;;;/h1,3H2,2H3;3*1H;;/q;;;;+1;+2/p-3. The van der Waals surface area contributed by atoms with Crippen LogP contribution in [0.3, 0.4) is 0 Å². The summed E-state index contributed by atoms with van der Waals surface area (Å²) in [6.45, 7) is 5.50. The molecule has 0 aliphatic carbocycles. The Morgan fingerprint density at radius 1 is 1.50 bits per heavy atom. The molecule has 8 heavy (non-hydrogen) atoms. The molecule has 0 amide bonds. The van der Waals surface area contributed by atoms with Gasteiger partial charge >= 0.3 is 44.7 Å². The molecule has 1 radical (unpaired) electrons. The minimum absolute atomic E-state index is 0.639. The second-order valence-electron chi connectivity index (χ2n) is 0.601. The van der Waals surface area contributed by atoms with E-state index in [-0.39, 0.29) is 0 Å². The van der Waals surface area contributed by atoms with Gasteiger partial charge in [-0.15, -0.1) is 0 Å². The maximum absolute atomic E-state index is 4.90. The van der Waals surface area contributed by atoms with Gasteiger partial charge < -0.3 is 18.1 Å². The van der Waals surface area contributed by atoms with Crippen LogP contribution in [-0.2, 0) is 0 Å². The van der Waals surface area contributed by atoms with Crippen LogP contribution in [0, 0.1) is 6.92 Å². The molecule has 0 rings (SSSR count). The van der Waals surface area contributed by atoms with Crippen molar-refractivity contribution in [2.75, 3.05) is 0 Å². The molecule has 0 aliphatic rings. The molecule has 0 saturated heterocycles. The molecule has 0 atom stereocenters. The molecule has 43 valence electrons. The van der Waals surface area contributed by atoms with Crippen molar-refractivity contribution in [1.82, 2.24) is 0 Å². The SMILES string of the molecule is [CH2]CC.[Cl][Mg][Cl].[Li][Cl]. The minimum atomic E-state index is -0.639. The van der Waals surface area contributed by atoms with Crippen molar-refractivity contribution in [3.63, 3.8) is 0 Å². The van der Waals surface area contributed by atoms with Gasteiger partial charge in [0.15, 0.2) is 0 Å². The van der Waals surface area contributed by atoms with Crippen molar-refractivity contribution in [2.24, 2.45) is 0 Å². The molecular weight excluding hydrogens is 174 g/mol. The van der Waals surface area contributed by atoms with Crippen molar-refractivity contribution in [3.8, 4) is 0 Å². The summed E-state index contributed by atoms with van der Waals surface area (Å²) >= 11 is 0.833. The molecule has 5 heteroatoms. The van der Waals surface area contributed by atoms with Crippen molar-refractivity contribution in [3.05, 3.63) is 6.92 Å². The van der Waals surface area contributed by atoms with Gasteiger partial charge in [-0.1, -0.05) is 20.3 Å². The number of rotatable bonds is 0. The summed E-state index contributed by atoms with van der Waals surface area (Å²) in [4.78, 5) is 0. The van der Waals surface area contributed by atoms with Crippen LogP contribution >= 0.6 is 27.9 Å². The normalized spacial score (nSPS) is 4.38. The van der Waals surface area contributed by atoms with E-state index in [0.29, 0.717) is 0 Å². The molecule has 0 N–H and O–H groups in total. The average molecular weight is 181 g/mol. The quantitative estimate of drug-likeness (QED) is 0.503. The van der Waals surface area contributed by atoms with Crippen molar-refractivity contribution >= 4 is 62.8 Å². The van der Waals surface area contributed by atoms with Crippen LogP contribution in [0.4, 0.5) is 0 Å². The molecular formula is C3H7Cl3LiMg. The monoisotopic (exact) mass is 179 g/mol. The van der Waals surface area contributed by atoms with Crippen molar-refractivity contribution in [1.29, 1.82) is 0 Å². The Labute approximate surface area is 82.2 Å². The van der Waals surface area contributed by atoms with Gasteiger partial charge in [0.1, 0.15) is 0 Å². The summed E-state index contributed by atoms with van der Waals surface area (Å²) < 4.78 is 0. The molecule has 0 saturated carbocycles. The fourth-order valence-corrected chi connectivity index (χ4v) is 0. The van der Waals surface area contributed by atoms with Gasteiger partial charge in [-0.3, -0.25) is 0 Å². The number of hydrogen-bond acceptors (Lipinski definition) is 0. The van der Waals surface area contributed by atoms with Gasteiger partial charge in [0, 0.05) is 0 Å². The Balaban J connectivity index is -0.0000000483. The molecule has 0 aromatic rings. The maximum atomic E-state index is 4.90. The van der Waals surface area contributed by atoms with Gasteiger partial charge in [0.05, 0.1) is 0 Å². The molecule has 0 heterocycles. The molecule has 0 aromatic heterocycles. The van der Waals surface area contributed by atoms with Crippen LogP contribution in [0.2, 0.25) is 0 Å². The second-order valence-corrected chi connectivity index (χ2v) is 3.23. The van der Waals surface area contributed by atoms with Gasteiger partial charge in [-0.25, -0.2) is 0 Å². The Morgan fingerprint density at radius 3 is 1.50 bits per heavy atom. The predicted octanol–water partition coefficient (Wildman–Crippen LogP) is 2.54. The molecule has 0 bridgehead atoms. The molecule has 0 aromatic carbocycles. The van der Waals surface area contributed by atoms with Gasteiger partial charge in [0.2, 0.25) is 0 Å². The zero-order valence-electron chi connectivity index (χ0n) is 5.26. The third-order valence-electron chi connectivity index (χ3n) is 0. The Kier molecular flexibility index (Phi) is 72.8. The van der Waals surface area contributed by atoms with Crippen molar-refractivity contribution in [2.45, 2.75) is 13.3 Å². The summed E-state index contributed by atoms with van der Waals surface area (Å²) in [6, 6.07) is 0. The number of halogens is 3.